The van der Waals surface area contributed by atoms with Gasteiger partial charge in [0.25, 0.3) is 0 Å². The monoisotopic (exact) mass is 429 g/mol. The molecule has 0 bridgehead atoms. The van der Waals surface area contributed by atoms with Crippen molar-refractivity contribution in [3.63, 3.8) is 0 Å². The first-order chi connectivity index (χ1) is 16.2. The minimum atomic E-state index is 0.701. The highest BCUT2D eigenvalue weighted by Crippen LogP contribution is 2.27. The molecule has 33 heavy (non-hydrogen) atoms. The van der Waals surface area contributed by atoms with Gasteiger partial charge in [0.2, 0.25) is 0 Å². The Labute approximate surface area is 195 Å². The van der Waals surface area contributed by atoms with Crippen molar-refractivity contribution in [1.82, 2.24) is 15.0 Å². The van der Waals surface area contributed by atoms with E-state index in [9.17, 15) is 0 Å². The molecule has 0 spiro atoms. The van der Waals surface area contributed by atoms with Gasteiger partial charge in [-0.05, 0) is 59.7 Å². The molecule has 1 aromatic heterocycles. The van der Waals surface area contributed by atoms with E-state index in [0.29, 0.717) is 11.6 Å². The molecule has 3 nitrogen and oxygen atoms in total. The van der Waals surface area contributed by atoms with Crippen molar-refractivity contribution in [3.05, 3.63) is 102 Å². The summed E-state index contributed by atoms with van der Waals surface area (Å²) in [7, 11) is 0. The summed E-state index contributed by atoms with van der Waals surface area (Å²) in [6.45, 7) is 4.20. The zero-order chi connectivity index (χ0) is 22.6. The first kappa shape index (κ1) is 21.0. The largest absolute Gasteiger partial charge is 0.209 e. The first-order valence-electron chi connectivity index (χ1n) is 11.6. The van der Waals surface area contributed by atoms with E-state index in [1.807, 2.05) is 0 Å². The Morgan fingerprint density at radius 3 is 2.21 bits per heavy atom. The second-order valence-electron chi connectivity index (χ2n) is 8.38. The van der Waals surface area contributed by atoms with Crippen molar-refractivity contribution < 1.29 is 0 Å². The van der Waals surface area contributed by atoms with Gasteiger partial charge in [-0.2, -0.15) is 0 Å². The Morgan fingerprint density at radius 1 is 0.788 bits per heavy atom. The maximum Gasteiger partial charge on any atom is 0.164 e. The van der Waals surface area contributed by atoms with Crippen molar-refractivity contribution >= 4 is 21.9 Å². The molecule has 0 amide bonds. The fourth-order valence-corrected chi connectivity index (χ4v) is 4.18. The van der Waals surface area contributed by atoms with Gasteiger partial charge in [-0.3, -0.25) is 0 Å². The van der Waals surface area contributed by atoms with Crippen LogP contribution in [-0.2, 0) is 0 Å². The molecule has 0 unspecified atom stereocenters. The fourth-order valence-electron chi connectivity index (χ4n) is 4.18. The lowest BCUT2D eigenvalue weighted by Crippen LogP contribution is -2.02. The van der Waals surface area contributed by atoms with Gasteiger partial charge in [-0.25, -0.2) is 15.0 Å². The van der Waals surface area contributed by atoms with Crippen molar-refractivity contribution in [3.8, 4) is 22.8 Å². The normalized spacial score (nSPS) is 13.9. The average molecular weight is 430 g/mol. The van der Waals surface area contributed by atoms with E-state index in [2.05, 4.69) is 105 Å². The predicted molar refractivity (Wildman–Crippen MR) is 138 cm³/mol. The van der Waals surface area contributed by atoms with Crippen molar-refractivity contribution in [2.24, 2.45) is 0 Å². The number of rotatable bonds is 5. The first-order valence-corrected chi connectivity index (χ1v) is 11.6. The lowest BCUT2D eigenvalue weighted by atomic mass is 9.98. The zero-order valence-corrected chi connectivity index (χ0v) is 19.1. The molecule has 0 saturated heterocycles. The number of fused-ring (bicyclic) bond motifs is 1. The van der Waals surface area contributed by atoms with Crippen LogP contribution in [0.15, 0.2) is 91.0 Å². The lowest BCUT2D eigenvalue weighted by molar-refractivity contribution is 1.03. The Morgan fingerprint density at radius 2 is 1.48 bits per heavy atom. The number of aromatic nitrogens is 3. The molecular formula is C30H27N3. The highest BCUT2D eigenvalue weighted by atomic mass is 15.0. The highest BCUT2D eigenvalue weighted by molar-refractivity contribution is 5.86. The summed E-state index contributed by atoms with van der Waals surface area (Å²) in [5.41, 5.74) is 5.56. The molecule has 1 aliphatic carbocycles. The number of benzene rings is 3. The summed E-state index contributed by atoms with van der Waals surface area (Å²) >= 11 is 0. The van der Waals surface area contributed by atoms with E-state index in [1.54, 1.807) is 0 Å². The van der Waals surface area contributed by atoms with Gasteiger partial charge in [0.1, 0.15) is 0 Å². The number of nitrogens with zero attached hydrogens (tertiary/aromatic N) is 3. The van der Waals surface area contributed by atoms with E-state index in [0.717, 1.165) is 41.8 Å². The van der Waals surface area contributed by atoms with Gasteiger partial charge in [0, 0.05) is 11.1 Å². The van der Waals surface area contributed by atoms with Crippen LogP contribution in [-0.4, -0.2) is 15.0 Å². The molecule has 0 atom stereocenters. The number of hydrogen-bond donors (Lipinski definition) is 0. The molecule has 0 N–H and O–H groups in total. The summed E-state index contributed by atoms with van der Waals surface area (Å²) in [6, 6.07) is 23.3. The molecule has 0 saturated carbocycles. The SMILES string of the molecule is CC/C=C(\C)c1nc(-c2ccc(C3=CCCC=C3)cc2)nc(-c2ccc3ccccc3c2)n1. The van der Waals surface area contributed by atoms with Gasteiger partial charge in [0.05, 0.1) is 0 Å². The van der Waals surface area contributed by atoms with E-state index in [1.165, 1.54) is 21.9 Å². The molecule has 0 radical (unpaired) electrons. The number of allylic oxidation sites excluding steroid dienone is 6. The maximum absolute atomic E-state index is 4.89. The van der Waals surface area contributed by atoms with Gasteiger partial charge in [0.15, 0.2) is 17.5 Å². The third-order valence-electron chi connectivity index (χ3n) is 5.98. The molecule has 1 heterocycles. The van der Waals surface area contributed by atoms with E-state index >= 15 is 0 Å². The van der Waals surface area contributed by atoms with Gasteiger partial charge in [-0.15, -0.1) is 0 Å². The van der Waals surface area contributed by atoms with Crippen molar-refractivity contribution in [1.29, 1.82) is 0 Å². The van der Waals surface area contributed by atoms with Crippen molar-refractivity contribution in [2.45, 2.75) is 33.1 Å². The molecule has 0 fully saturated rings. The van der Waals surface area contributed by atoms with Crippen LogP contribution < -0.4 is 0 Å². The van der Waals surface area contributed by atoms with Crippen LogP contribution in [0.1, 0.15) is 44.5 Å². The molecule has 3 heteroatoms. The number of hydrogen-bond acceptors (Lipinski definition) is 3. The molecule has 4 aromatic rings. The Balaban J connectivity index is 1.59. The predicted octanol–water partition coefficient (Wildman–Crippen LogP) is 7.91. The van der Waals surface area contributed by atoms with Crippen molar-refractivity contribution in [2.75, 3.05) is 0 Å². The summed E-state index contributed by atoms with van der Waals surface area (Å²) in [4.78, 5) is 14.6. The summed E-state index contributed by atoms with van der Waals surface area (Å²) in [5.74, 6) is 2.13. The summed E-state index contributed by atoms with van der Waals surface area (Å²) in [5, 5.41) is 2.39. The van der Waals surface area contributed by atoms with Crippen LogP contribution >= 0.6 is 0 Å². The summed E-state index contributed by atoms with van der Waals surface area (Å²) < 4.78 is 0. The molecular weight excluding hydrogens is 402 g/mol. The second-order valence-corrected chi connectivity index (χ2v) is 8.38. The van der Waals surface area contributed by atoms with Gasteiger partial charge in [-0.1, -0.05) is 91.9 Å². The van der Waals surface area contributed by atoms with E-state index < -0.39 is 0 Å². The third kappa shape index (κ3) is 4.54. The molecule has 162 valence electrons. The standard InChI is InChI=1S/C30H27N3/c1-3-9-21(2)28-31-29(25-17-14-24(15-18-25)22-10-5-4-6-11-22)33-30(32-28)27-19-16-23-12-7-8-13-26(23)20-27/h5,7-20H,3-4,6H2,1-2H3/b21-9+. The smallest absolute Gasteiger partial charge is 0.164 e. The molecule has 1 aliphatic rings. The minimum absolute atomic E-state index is 0.701. The molecule has 5 rings (SSSR count). The second kappa shape index (κ2) is 9.33. The van der Waals surface area contributed by atoms with E-state index in [4.69, 9.17) is 15.0 Å². The quantitative estimate of drug-likeness (QED) is 0.323. The Bertz CT molecular complexity index is 1390. The Kier molecular flexibility index (Phi) is 5.95. The van der Waals surface area contributed by atoms with Crippen LogP contribution in [0.5, 0.6) is 0 Å². The van der Waals surface area contributed by atoms with Gasteiger partial charge >= 0.3 is 0 Å². The maximum atomic E-state index is 4.89. The lowest BCUT2D eigenvalue weighted by Gasteiger charge is -2.11. The zero-order valence-electron chi connectivity index (χ0n) is 19.1. The summed E-state index contributed by atoms with van der Waals surface area (Å²) in [6.07, 6.45) is 12.1. The highest BCUT2D eigenvalue weighted by Gasteiger charge is 2.13. The van der Waals surface area contributed by atoms with Crippen LogP contribution in [0.25, 0.3) is 44.7 Å². The minimum Gasteiger partial charge on any atom is -0.209 e. The van der Waals surface area contributed by atoms with Crippen LogP contribution in [0.3, 0.4) is 0 Å². The van der Waals surface area contributed by atoms with Crippen LogP contribution in [0, 0.1) is 0 Å². The van der Waals surface area contributed by atoms with Crippen LogP contribution in [0.2, 0.25) is 0 Å². The topological polar surface area (TPSA) is 38.7 Å². The average Bonchev–Trinajstić information content (AvgIpc) is 2.89. The van der Waals surface area contributed by atoms with E-state index in [-0.39, 0.29) is 0 Å². The molecule has 0 aliphatic heterocycles. The molecule has 3 aromatic carbocycles. The Hall–Kier alpha value is -3.85. The third-order valence-corrected chi connectivity index (χ3v) is 5.98. The van der Waals surface area contributed by atoms with Gasteiger partial charge < -0.3 is 0 Å². The fraction of sp³-hybridized carbons (Fsp3) is 0.167. The van der Waals surface area contributed by atoms with Crippen LogP contribution in [0.4, 0.5) is 0 Å².